The highest BCUT2D eigenvalue weighted by Crippen LogP contribution is 2.55. The van der Waals surface area contributed by atoms with Crippen molar-refractivity contribution in [3.8, 4) is 0 Å². The maximum absolute atomic E-state index is 13.6. The number of carbonyl (C=O) groups excluding carboxylic acids is 1. The summed E-state index contributed by atoms with van der Waals surface area (Å²) in [5, 5.41) is 0. The number of ether oxygens (including phenoxy) is 1. The summed E-state index contributed by atoms with van der Waals surface area (Å²) in [6, 6.07) is 14.3. The largest absolute Gasteiger partial charge is 0.465 e. The third kappa shape index (κ3) is 3.06. The van der Waals surface area contributed by atoms with Gasteiger partial charge in [-0.15, -0.1) is 0 Å². The zero-order chi connectivity index (χ0) is 20.8. The molecule has 0 spiro atoms. The number of rotatable bonds is 4. The molecule has 2 atom stereocenters. The molecule has 1 heterocycles. The molecular weight excluding hydrogens is 386 g/mol. The molecular formula is C23H25NO4S. The highest BCUT2D eigenvalue weighted by molar-refractivity contribution is 7.92. The molecule has 29 heavy (non-hydrogen) atoms. The normalized spacial score (nSPS) is 23.2. The molecule has 0 N–H and O–H groups in total. The summed E-state index contributed by atoms with van der Waals surface area (Å²) in [4.78, 5) is 13.3. The van der Waals surface area contributed by atoms with Gasteiger partial charge >= 0.3 is 5.97 Å². The Morgan fingerprint density at radius 1 is 1.14 bits per heavy atom. The number of aryl methyl sites for hydroxylation is 1. The Hall–Kier alpha value is -2.60. The van der Waals surface area contributed by atoms with Gasteiger partial charge in [0.1, 0.15) is 5.41 Å². The summed E-state index contributed by atoms with van der Waals surface area (Å²) in [7, 11) is -3.84. The number of anilines is 1. The summed E-state index contributed by atoms with van der Waals surface area (Å²) >= 11 is 0. The van der Waals surface area contributed by atoms with E-state index in [4.69, 9.17) is 4.74 Å². The van der Waals surface area contributed by atoms with Crippen LogP contribution in [0.15, 0.2) is 65.1 Å². The standard InChI is InChI=1S/C23H25NO4S/c1-4-28-22(25)23-14-17(3)13-20(23)19-7-5-6-8-21(19)24(15-23)29(26,27)18-11-9-16(2)10-12-18/h5-12,14,20H,4,13,15H2,1-3H3/t20-,23+/m0/s1. The molecule has 0 aromatic heterocycles. The van der Waals surface area contributed by atoms with Crippen LogP contribution < -0.4 is 4.31 Å². The monoisotopic (exact) mass is 411 g/mol. The van der Waals surface area contributed by atoms with Gasteiger partial charge in [-0.05, 0) is 51.0 Å². The van der Waals surface area contributed by atoms with Crippen molar-refractivity contribution in [1.82, 2.24) is 0 Å². The topological polar surface area (TPSA) is 63.7 Å². The molecule has 0 saturated carbocycles. The Morgan fingerprint density at radius 3 is 2.52 bits per heavy atom. The van der Waals surface area contributed by atoms with Gasteiger partial charge < -0.3 is 4.74 Å². The van der Waals surface area contributed by atoms with Crippen molar-refractivity contribution in [2.75, 3.05) is 17.5 Å². The molecule has 1 aliphatic heterocycles. The molecule has 4 rings (SSSR count). The van der Waals surface area contributed by atoms with Gasteiger partial charge in [0.2, 0.25) is 0 Å². The lowest BCUT2D eigenvalue weighted by Gasteiger charge is -2.43. The van der Waals surface area contributed by atoms with Crippen LogP contribution in [0.3, 0.4) is 0 Å². The first kappa shape index (κ1) is 19.7. The first-order valence-electron chi connectivity index (χ1n) is 9.83. The van der Waals surface area contributed by atoms with Gasteiger partial charge in [-0.3, -0.25) is 9.10 Å². The van der Waals surface area contributed by atoms with Crippen molar-refractivity contribution >= 4 is 21.7 Å². The molecule has 0 radical (unpaired) electrons. The lowest BCUT2D eigenvalue weighted by molar-refractivity contribution is -0.152. The van der Waals surface area contributed by atoms with Gasteiger partial charge in [0.25, 0.3) is 10.0 Å². The predicted molar refractivity (Wildman–Crippen MR) is 112 cm³/mol. The van der Waals surface area contributed by atoms with E-state index in [-0.39, 0.29) is 29.9 Å². The van der Waals surface area contributed by atoms with Crippen LogP contribution in [0, 0.1) is 12.3 Å². The predicted octanol–water partition coefficient (Wildman–Crippen LogP) is 4.19. The van der Waals surface area contributed by atoms with Crippen LogP contribution in [0.25, 0.3) is 0 Å². The van der Waals surface area contributed by atoms with Crippen molar-refractivity contribution in [2.45, 2.75) is 38.0 Å². The van der Waals surface area contributed by atoms with Crippen molar-refractivity contribution in [1.29, 1.82) is 0 Å². The van der Waals surface area contributed by atoms with Gasteiger partial charge in [0, 0.05) is 5.92 Å². The first-order chi connectivity index (χ1) is 13.8. The highest BCUT2D eigenvalue weighted by Gasteiger charge is 2.55. The van der Waals surface area contributed by atoms with E-state index in [1.54, 1.807) is 31.2 Å². The number of sulfonamides is 1. The second-order valence-corrected chi connectivity index (χ2v) is 9.75. The van der Waals surface area contributed by atoms with Crippen LogP contribution in [0.1, 0.15) is 37.3 Å². The molecule has 0 amide bonds. The fourth-order valence-electron chi connectivity index (χ4n) is 4.56. The Kier molecular flexibility index (Phi) is 4.77. The van der Waals surface area contributed by atoms with E-state index in [1.165, 1.54) is 4.31 Å². The molecule has 5 nitrogen and oxygen atoms in total. The molecule has 0 unspecified atom stereocenters. The van der Waals surface area contributed by atoms with Crippen molar-refractivity contribution < 1.29 is 17.9 Å². The van der Waals surface area contributed by atoms with Crippen LogP contribution in [0.5, 0.6) is 0 Å². The number of esters is 1. The Bertz CT molecular complexity index is 1090. The molecule has 152 valence electrons. The maximum Gasteiger partial charge on any atom is 0.318 e. The summed E-state index contributed by atoms with van der Waals surface area (Å²) in [5.74, 6) is -0.484. The Balaban J connectivity index is 1.90. The summed E-state index contributed by atoms with van der Waals surface area (Å²) in [5.41, 5.74) is 2.57. The smallest absolute Gasteiger partial charge is 0.318 e. The second kappa shape index (κ2) is 7.02. The zero-order valence-electron chi connectivity index (χ0n) is 16.9. The number of carbonyl (C=O) groups is 1. The molecule has 1 aliphatic carbocycles. The minimum atomic E-state index is -3.84. The van der Waals surface area contributed by atoms with Crippen molar-refractivity contribution in [3.63, 3.8) is 0 Å². The number of nitrogens with zero attached hydrogens (tertiary/aromatic N) is 1. The minimum absolute atomic E-state index is 0.0427. The van der Waals surface area contributed by atoms with E-state index in [2.05, 4.69) is 0 Å². The second-order valence-electron chi connectivity index (χ2n) is 7.89. The van der Waals surface area contributed by atoms with E-state index < -0.39 is 15.4 Å². The third-order valence-corrected chi connectivity index (χ3v) is 7.68. The van der Waals surface area contributed by atoms with E-state index in [9.17, 15) is 13.2 Å². The van der Waals surface area contributed by atoms with E-state index >= 15 is 0 Å². The molecule has 0 bridgehead atoms. The average Bonchev–Trinajstić information content (AvgIpc) is 3.05. The number of hydrogen-bond donors (Lipinski definition) is 0. The van der Waals surface area contributed by atoms with Crippen LogP contribution in [0.2, 0.25) is 0 Å². The number of benzene rings is 2. The molecule has 2 aromatic rings. The molecule has 0 saturated heterocycles. The SMILES string of the molecule is CCOC(=O)[C@@]12C=C(C)C[C@H]1c1ccccc1N(S(=O)(=O)c1ccc(C)cc1)C2. The summed E-state index contributed by atoms with van der Waals surface area (Å²) in [6.45, 7) is 5.97. The van der Waals surface area contributed by atoms with Gasteiger partial charge in [-0.1, -0.05) is 47.5 Å². The number of hydrogen-bond acceptors (Lipinski definition) is 4. The van der Waals surface area contributed by atoms with Crippen LogP contribution in [-0.2, 0) is 19.6 Å². The molecule has 0 fully saturated rings. The van der Waals surface area contributed by atoms with Gasteiger partial charge in [-0.25, -0.2) is 8.42 Å². The van der Waals surface area contributed by atoms with Gasteiger partial charge in [-0.2, -0.15) is 0 Å². The quantitative estimate of drug-likeness (QED) is 0.559. The fourth-order valence-corrected chi connectivity index (χ4v) is 6.11. The fraction of sp³-hybridized carbons (Fsp3) is 0.348. The molecule has 2 aliphatic rings. The van der Waals surface area contributed by atoms with Crippen LogP contribution in [-0.4, -0.2) is 27.5 Å². The molecule has 2 aromatic carbocycles. The third-order valence-electron chi connectivity index (χ3n) is 5.90. The van der Waals surface area contributed by atoms with E-state index in [0.29, 0.717) is 12.1 Å². The van der Waals surface area contributed by atoms with Gasteiger partial charge in [0.15, 0.2) is 0 Å². The van der Waals surface area contributed by atoms with Crippen molar-refractivity contribution in [3.05, 3.63) is 71.3 Å². The molecule has 6 heteroatoms. The Morgan fingerprint density at radius 2 is 1.83 bits per heavy atom. The number of fused-ring (bicyclic) bond motifs is 3. The highest BCUT2D eigenvalue weighted by atomic mass is 32.2. The van der Waals surface area contributed by atoms with E-state index in [1.807, 2.05) is 44.2 Å². The van der Waals surface area contributed by atoms with E-state index in [0.717, 1.165) is 16.7 Å². The number of para-hydroxylation sites is 1. The number of allylic oxidation sites excluding steroid dienone is 1. The summed E-state index contributed by atoms with van der Waals surface area (Å²) in [6.07, 6.45) is 2.64. The summed E-state index contributed by atoms with van der Waals surface area (Å²) < 4.78 is 34.0. The van der Waals surface area contributed by atoms with Crippen LogP contribution >= 0.6 is 0 Å². The van der Waals surface area contributed by atoms with Gasteiger partial charge in [0.05, 0.1) is 23.7 Å². The minimum Gasteiger partial charge on any atom is -0.465 e. The lowest BCUT2D eigenvalue weighted by atomic mass is 9.71. The zero-order valence-corrected chi connectivity index (χ0v) is 17.7. The van der Waals surface area contributed by atoms with Crippen molar-refractivity contribution in [2.24, 2.45) is 5.41 Å². The first-order valence-corrected chi connectivity index (χ1v) is 11.3. The lowest BCUT2D eigenvalue weighted by Crippen LogP contribution is -2.51. The van der Waals surface area contributed by atoms with Crippen LogP contribution in [0.4, 0.5) is 5.69 Å². The average molecular weight is 412 g/mol. The Labute approximate surface area is 172 Å². The maximum atomic E-state index is 13.6.